The van der Waals surface area contributed by atoms with E-state index in [1.807, 2.05) is 4.72 Å². The molecule has 0 unspecified atom stereocenters. The van der Waals surface area contributed by atoms with Crippen LogP contribution in [-0.4, -0.2) is 37.3 Å². The quantitative estimate of drug-likeness (QED) is 0.883. The Balaban J connectivity index is 1.81. The molecule has 1 amide bonds. The van der Waals surface area contributed by atoms with Crippen molar-refractivity contribution in [1.29, 1.82) is 0 Å². The number of benzene rings is 1. The Morgan fingerprint density at radius 1 is 1.17 bits per heavy atom. The molecule has 1 aliphatic heterocycles. The van der Waals surface area contributed by atoms with Crippen LogP contribution in [0.1, 0.15) is 23.3 Å². The summed E-state index contributed by atoms with van der Waals surface area (Å²) in [5, 5.41) is 0. The van der Waals surface area contributed by atoms with Crippen molar-refractivity contribution >= 4 is 21.6 Å². The molecule has 128 valence electrons. The van der Waals surface area contributed by atoms with Crippen LogP contribution in [0.15, 0.2) is 35.4 Å². The predicted molar refractivity (Wildman–Crippen MR) is 83.1 cm³/mol. The number of carbonyl (C=O) groups is 1. The lowest BCUT2D eigenvalue weighted by atomic mass is 10.3. The highest BCUT2D eigenvalue weighted by molar-refractivity contribution is 7.92. The fourth-order valence-electron chi connectivity index (χ4n) is 2.52. The lowest BCUT2D eigenvalue weighted by molar-refractivity contribution is 0.0787. The van der Waals surface area contributed by atoms with E-state index in [4.69, 9.17) is 0 Å². The second-order valence-electron chi connectivity index (χ2n) is 5.48. The summed E-state index contributed by atoms with van der Waals surface area (Å²) in [6.45, 7) is 1.28. The molecule has 1 aromatic heterocycles. The van der Waals surface area contributed by atoms with E-state index in [-0.39, 0.29) is 22.2 Å². The lowest BCUT2D eigenvalue weighted by Gasteiger charge is -2.13. The van der Waals surface area contributed by atoms with Crippen LogP contribution >= 0.6 is 0 Å². The first-order chi connectivity index (χ1) is 11.4. The van der Waals surface area contributed by atoms with Gasteiger partial charge in [0, 0.05) is 25.4 Å². The van der Waals surface area contributed by atoms with Gasteiger partial charge in [0.1, 0.15) is 22.2 Å². The van der Waals surface area contributed by atoms with Crippen LogP contribution in [0, 0.1) is 11.6 Å². The van der Waals surface area contributed by atoms with Gasteiger partial charge in [-0.2, -0.15) is 0 Å². The smallest absolute Gasteiger partial charge is 0.270 e. The molecule has 1 aromatic carbocycles. The standard InChI is InChI=1S/C15H15F2N3O3S/c16-10-3-4-13(12(17)7-10)19-24(22,23)11-8-14(18-9-11)15(21)20-5-1-2-6-20/h3-4,7-9,18-19H,1-2,5-6H2. The maximum Gasteiger partial charge on any atom is 0.270 e. The van der Waals surface area contributed by atoms with Gasteiger partial charge in [0.15, 0.2) is 0 Å². The minimum Gasteiger partial charge on any atom is -0.356 e. The normalized spacial score (nSPS) is 14.8. The first-order valence-corrected chi connectivity index (χ1v) is 8.81. The molecule has 9 heteroatoms. The lowest BCUT2D eigenvalue weighted by Crippen LogP contribution is -2.27. The number of amides is 1. The summed E-state index contributed by atoms with van der Waals surface area (Å²) in [5.41, 5.74) is -0.220. The zero-order valence-electron chi connectivity index (χ0n) is 12.6. The van der Waals surface area contributed by atoms with Crippen molar-refractivity contribution in [3.05, 3.63) is 47.8 Å². The van der Waals surface area contributed by atoms with E-state index in [9.17, 15) is 22.0 Å². The van der Waals surface area contributed by atoms with Crippen LogP contribution in [0.4, 0.5) is 14.5 Å². The molecular formula is C15H15F2N3O3S. The third kappa shape index (κ3) is 3.25. The number of hydrogen-bond acceptors (Lipinski definition) is 3. The summed E-state index contributed by atoms with van der Waals surface area (Å²) in [7, 11) is -4.10. The number of aromatic nitrogens is 1. The van der Waals surface area contributed by atoms with E-state index >= 15 is 0 Å². The Labute approximate surface area is 137 Å². The Kier molecular flexibility index (Phi) is 4.27. The molecule has 1 saturated heterocycles. The molecule has 24 heavy (non-hydrogen) atoms. The largest absolute Gasteiger partial charge is 0.356 e. The van der Waals surface area contributed by atoms with Gasteiger partial charge in [-0.1, -0.05) is 0 Å². The van der Waals surface area contributed by atoms with E-state index in [0.29, 0.717) is 19.2 Å². The summed E-state index contributed by atoms with van der Waals surface area (Å²) in [6, 6.07) is 3.72. The van der Waals surface area contributed by atoms with Crippen molar-refractivity contribution in [2.45, 2.75) is 17.7 Å². The fourth-order valence-corrected chi connectivity index (χ4v) is 3.58. The maximum atomic E-state index is 13.6. The SMILES string of the molecule is O=C(c1cc(S(=O)(=O)Nc2ccc(F)cc2F)c[nH]1)N1CCCC1. The number of hydrogen-bond donors (Lipinski definition) is 2. The van der Waals surface area contributed by atoms with E-state index in [1.54, 1.807) is 4.90 Å². The molecule has 2 aromatic rings. The molecule has 0 bridgehead atoms. The summed E-state index contributed by atoms with van der Waals surface area (Å²) < 4.78 is 53.1. The van der Waals surface area contributed by atoms with E-state index < -0.39 is 21.7 Å². The molecular weight excluding hydrogens is 340 g/mol. The number of sulfonamides is 1. The summed E-state index contributed by atoms with van der Waals surface area (Å²) in [5.74, 6) is -2.11. The summed E-state index contributed by atoms with van der Waals surface area (Å²) >= 11 is 0. The van der Waals surface area contributed by atoms with Crippen LogP contribution in [0.25, 0.3) is 0 Å². The molecule has 6 nitrogen and oxygen atoms in total. The van der Waals surface area contributed by atoms with Crippen LogP contribution in [0.5, 0.6) is 0 Å². The van der Waals surface area contributed by atoms with E-state index in [2.05, 4.69) is 4.98 Å². The second kappa shape index (κ2) is 6.23. The number of nitrogens with one attached hydrogen (secondary N) is 2. The average molecular weight is 355 g/mol. The monoisotopic (exact) mass is 355 g/mol. The van der Waals surface area contributed by atoms with Gasteiger partial charge >= 0.3 is 0 Å². The molecule has 0 saturated carbocycles. The molecule has 1 aliphatic rings. The Bertz CT molecular complexity index is 874. The second-order valence-corrected chi connectivity index (χ2v) is 7.16. The van der Waals surface area contributed by atoms with Crippen LogP contribution in [0.3, 0.4) is 0 Å². The van der Waals surface area contributed by atoms with Crippen molar-refractivity contribution in [3.63, 3.8) is 0 Å². The first-order valence-electron chi connectivity index (χ1n) is 7.32. The Morgan fingerprint density at radius 2 is 1.88 bits per heavy atom. The third-order valence-corrected chi connectivity index (χ3v) is 5.11. The third-order valence-electron chi connectivity index (χ3n) is 3.77. The molecule has 0 atom stereocenters. The number of halogens is 2. The molecule has 3 rings (SSSR count). The van der Waals surface area contributed by atoms with Gasteiger partial charge in [0.2, 0.25) is 0 Å². The van der Waals surface area contributed by atoms with Crippen molar-refractivity contribution in [3.8, 4) is 0 Å². The van der Waals surface area contributed by atoms with Gasteiger partial charge in [-0.05, 0) is 31.0 Å². The number of nitrogens with zero attached hydrogens (tertiary/aromatic N) is 1. The number of aromatic amines is 1. The fraction of sp³-hybridized carbons (Fsp3) is 0.267. The van der Waals surface area contributed by atoms with Crippen LogP contribution < -0.4 is 4.72 Å². The predicted octanol–water partition coefficient (Wildman–Crippen LogP) is 2.33. The van der Waals surface area contributed by atoms with Gasteiger partial charge in [-0.15, -0.1) is 0 Å². The molecule has 1 fully saturated rings. The van der Waals surface area contributed by atoms with Crippen molar-refractivity contribution in [1.82, 2.24) is 9.88 Å². The zero-order chi connectivity index (χ0) is 17.3. The average Bonchev–Trinajstić information content (AvgIpc) is 3.20. The summed E-state index contributed by atoms with van der Waals surface area (Å²) in [4.78, 5) is 16.3. The Hall–Kier alpha value is -2.42. The highest BCUT2D eigenvalue weighted by Gasteiger charge is 2.24. The first kappa shape index (κ1) is 16.4. The van der Waals surface area contributed by atoms with Crippen LogP contribution in [-0.2, 0) is 10.0 Å². The summed E-state index contributed by atoms with van der Waals surface area (Å²) in [6.07, 6.45) is 3.00. The number of likely N-dealkylation sites (tertiary alicyclic amines) is 1. The van der Waals surface area contributed by atoms with Crippen LogP contribution in [0.2, 0.25) is 0 Å². The highest BCUT2D eigenvalue weighted by atomic mass is 32.2. The van der Waals surface area contributed by atoms with Gasteiger partial charge in [0.05, 0.1) is 5.69 Å². The topological polar surface area (TPSA) is 82.3 Å². The van der Waals surface area contributed by atoms with Crippen molar-refractivity contribution in [2.75, 3.05) is 17.8 Å². The van der Waals surface area contributed by atoms with E-state index in [0.717, 1.165) is 31.2 Å². The Morgan fingerprint density at radius 3 is 2.54 bits per heavy atom. The van der Waals surface area contributed by atoms with Gasteiger partial charge < -0.3 is 9.88 Å². The molecule has 0 radical (unpaired) electrons. The van der Waals surface area contributed by atoms with Crippen molar-refractivity contribution in [2.24, 2.45) is 0 Å². The van der Waals surface area contributed by atoms with Gasteiger partial charge in [-0.3, -0.25) is 9.52 Å². The molecule has 0 spiro atoms. The van der Waals surface area contributed by atoms with Crippen molar-refractivity contribution < 1.29 is 22.0 Å². The zero-order valence-corrected chi connectivity index (χ0v) is 13.4. The van der Waals surface area contributed by atoms with Gasteiger partial charge in [-0.25, -0.2) is 17.2 Å². The number of rotatable bonds is 4. The minimum absolute atomic E-state index is 0.150. The highest BCUT2D eigenvalue weighted by Crippen LogP contribution is 2.21. The molecule has 0 aliphatic carbocycles. The van der Waals surface area contributed by atoms with E-state index in [1.165, 1.54) is 6.07 Å². The van der Waals surface area contributed by atoms with Gasteiger partial charge in [0.25, 0.3) is 15.9 Å². The molecule has 2 N–H and O–H groups in total. The molecule has 2 heterocycles. The number of H-pyrrole nitrogens is 1. The number of carbonyl (C=O) groups excluding carboxylic acids is 1. The maximum absolute atomic E-state index is 13.6. The number of anilines is 1. The minimum atomic E-state index is -4.10.